The number of anilines is 1. The van der Waals surface area contributed by atoms with Crippen LogP contribution in [-0.2, 0) is 16.1 Å². The molecule has 2 aromatic carbocycles. The summed E-state index contributed by atoms with van der Waals surface area (Å²) in [7, 11) is 0. The Morgan fingerprint density at radius 2 is 1.71 bits per heavy atom. The monoisotopic (exact) mass is 383 g/mol. The number of hydrogen-bond donors (Lipinski definition) is 1. The number of carbonyl (C=O) groups is 1. The van der Waals surface area contributed by atoms with Crippen LogP contribution in [0.4, 0.5) is 5.69 Å². The molecule has 0 bridgehead atoms. The molecule has 1 amide bonds. The van der Waals surface area contributed by atoms with E-state index >= 15 is 0 Å². The Balaban J connectivity index is 2.11. The van der Waals surface area contributed by atoms with Gasteiger partial charge < -0.3 is 14.8 Å². The lowest BCUT2D eigenvalue weighted by Gasteiger charge is -2.28. The van der Waals surface area contributed by atoms with E-state index in [2.05, 4.69) is 12.2 Å². The Hall–Kier alpha value is -2.33. The van der Waals surface area contributed by atoms with Crippen LogP contribution in [-0.4, -0.2) is 18.1 Å². The predicted molar refractivity (Wildman–Crippen MR) is 115 cm³/mol. The third kappa shape index (κ3) is 5.83. The molecule has 0 saturated carbocycles. The fourth-order valence-corrected chi connectivity index (χ4v) is 3.33. The highest BCUT2D eigenvalue weighted by atomic mass is 16.5. The molecule has 0 fully saturated rings. The average molecular weight is 384 g/mol. The number of amides is 1. The van der Waals surface area contributed by atoms with E-state index in [0.29, 0.717) is 19.6 Å². The van der Waals surface area contributed by atoms with Gasteiger partial charge in [-0.05, 0) is 62.9 Å². The maximum Gasteiger partial charge on any atom is 0.256 e. The van der Waals surface area contributed by atoms with Gasteiger partial charge in [-0.2, -0.15) is 0 Å². The summed E-state index contributed by atoms with van der Waals surface area (Å²) >= 11 is 0. The molecule has 1 N–H and O–H groups in total. The summed E-state index contributed by atoms with van der Waals surface area (Å²) in [4.78, 5) is 12.9. The van der Waals surface area contributed by atoms with Crippen LogP contribution in [0.2, 0.25) is 0 Å². The van der Waals surface area contributed by atoms with Crippen molar-refractivity contribution in [2.24, 2.45) is 0 Å². The van der Waals surface area contributed by atoms with Crippen LogP contribution in [0.3, 0.4) is 0 Å². The molecule has 0 aliphatic rings. The molecule has 2 rings (SSSR count). The third-order valence-electron chi connectivity index (χ3n) is 4.89. The first kappa shape index (κ1) is 22.0. The van der Waals surface area contributed by atoms with Crippen molar-refractivity contribution in [2.75, 3.05) is 11.9 Å². The van der Waals surface area contributed by atoms with Gasteiger partial charge in [0.25, 0.3) is 5.91 Å². The first-order valence-corrected chi connectivity index (χ1v) is 10.1. The Kier molecular flexibility index (Phi) is 8.06. The smallest absolute Gasteiger partial charge is 0.256 e. The van der Waals surface area contributed by atoms with Gasteiger partial charge >= 0.3 is 0 Å². The van der Waals surface area contributed by atoms with Crippen LogP contribution in [0.25, 0.3) is 0 Å². The number of rotatable bonds is 10. The molecular weight excluding hydrogens is 350 g/mol. The summed E-state index contributed by atoms with van der Waals surface area (Å²) in [5.41, 5.74) is 3.09. The molecule has 4 nitrogen and oxygen atoms in total. The zero-order chi connectivity index (χ0) is 20.6. The number of nitrogens with one attached hydrogen (secondary N) is 1. The van der Waals surface area contributed by atoms with Crippen LogP contribution in [0.5, 0.6) is 5.75 Å². The zero-order valence-electron chi connectivity index (χ0n) is 17.8. The van der Waals surface area contributed by atoms with E-state index in [4.69, 9.17) is 9.47 Å². The van der Waals surface area contributed by atoms with Gasteiger partial charge in [0.15, 0.2) is 0 Å². The zero-order valence-corrected chi connectivity index (χ0v) is 17.8. The van der Waals surface area contributed by atoms with Crippen LogP contribution in [0.15, 0.2) is 42.5 Å². The van der Waals surface area contributed by atoms with Crippen LogP contribution in [0.1, 0.15) is 56.7 Å². The number of hydrogen-bond acceptors (Lipinski definition) is 3. The number of ether oxygens (including phenoxy) is 2. The first-order valence-electron chi connectivity index (χ1n) is 10.1. The van der Waals surface area contributed by atoms with E-state index in [0.717, 1.165) is 41.0 Å². The van der Waals surface area contributed by atoms with E-state index in [1.807, 2.05) is 70.2 Å². The predicted octanol–water partition coefficient (Wildman–Crippen LogP) is 5.81. The maximum atomic E-state index is 12.9. The Morgan fingerprint density at radius 1 is 1.07 bits per heavy atom. The molecule has 0 aliphatic heterocycles. The molecule has 0 aromatic heterocycles. The van der Waals surface area contributed by atoms with Gasteiger partial charge in [-0.25, -0.2) is 0 Å². The third-order valence-corrected chi connectivity index (χ3v) is 4.89. The number of carbonyl (C=O) groups excluding carboxylic acids is 1. The van der Waals surface area contributed by atoms with Gasteiger partial charge in [-0.1, -0.05) is 50.1 Å². The minimum atomic E-state index is -0.810. The van der Waals surface area contributed by atoms with Crippen molar-refractivity contribution < 1.29 is 14.3 Å². The van der Waals surface area contributed by atoms with E-state index < -0.39 is 5.60 Å². The van der Waals surface area contributed by atoms with Crippen LogP contribution in [0, 0.1) is 13.8 Å². The number of aryl methyl sites for hydroxylation is 2. The molecule has 1 atom stereocenters. The summed E-state index contributed by atoms with van der Waals surface area (Å²) in [5, 5.41) is 3.04. The molecule has 152 valence electrons. The lowest BCUT2D eigenvalue weighted by molar-refractivity contribution is -0.139. The Bertz CT molecular complexity index is 750. The topological polar surface area (TPSA) is 47.6 Å². The lowest BCUT2D eigenvalue weighted by Crippen LogP contribution is -2.42. The molecule has 2 aromatic rings. The van der Waals surface area contributed by atoms with Crippen molar-refractivity contribution in [3.8, 4) is 5.75 Å². The SMILES string of the molecule is CCCCC(C)(OCC)C(=O)Nc1cc(C)c(OCc2ccccc2)c(C)c1. The van der Waals surface area contributed by atoms with Crippen molar-refractivity contribution in [1.82, 2.24) is 0 Å². The second-order valence-electron chi connectivity index (χ2n) is 7.43. The highest BCUT2D eigenvalue weighted by Crippen LogP contribution is 2.29. The summed E-state index contributed by atoms with van der Waals surface area (Å²) in [5.74, 6) is 0.764. The van der Waals surface area contributed by atoms with E-state index in [-0.39, 0.29) is 5.91 Å². The van der Waals surface area contributed by atoms with Crippen LogP contribution < -0.4 is 10.1 Å². The maximum absolute atomic E-state index is 12.9. The molecular formula is C24H33NO3. The molecule has 0 spiro atoms. The molecule has 4 heteroatoms. The van der Waals surface area contributed by atoms with Crippen LogP contribution >= 0.6 is 0 Å². The molecule has 0 heterocycles. The van der Waals surface area contributed by atoms with E-state index in [9.17, 15) is 4.79 Å². The molecule has 28 heavy (non-hydrogen) atoms. The normalized spacial score (nSPS) is 13.0. The minimum absolute atomic E-state index is 0.0976. The Morgan fingerprint density at radius 3 is 2.29 bits per heavy atom. The number of benzene rings is 2. The summed E-state index contributed by atoms with van der Waals surface area (Å²) in [6, 6.07) is 14.0. The lowest BCUT2D eigenvalue weighted by atomic mass is 9.97. The van der Waals surface area contributed by atoms with Crippen molar-refractivity contribution in [2.45, 2.75) is 66.1 Å². The fourth-order valence-electron chi connectivity index (χ4n) is 3.33. The fraction of sp³-hybridized carbons (Fsp3) is 0.458. The summed E-state index contributed by atoms with van der Waals surface area (Å²) in [6.45, 7) is 10.9. The Labute approximate surface area is 169 Å². The van der Waals surface area contributed by atoms with Crippen molar-refractivity contribution in [3.63, 3.8) is 0 Å². The minimum Gasteiger partial charge on any atom is -0.488 e. The quantitative estimate of drug-likeness (QED) is 0.563. The highest BCUT2D eigenvalue weighted by Gasteiger charge is 2.33. The molecule has 0 aliphatic carbocycles. The van der Waals surface area contributed by atoms with Gasteiger partial charge in [0.05, 0.1) is 0 Å². The number of unbranched alkanes of at least 4 members (excludes halogenated alkanes) is 1. The van der Waals surface area contributed by atoms with Gasteiger partial charge in [-0.3, -0.25) is 4.79 Å². The average Bonchev–Trinajstić information content (AvgIpc) is 2.66. The standard InChI is InChI=1S/C24H33NO3/c1-6-8-14-24(5,28-7-2)23(26)25-21-15-18(3)22(19(4)16-21)27-17-20-12-10-9-11-13-20/h9-13,15-16H,6-8,14,17H2,1-5H3,(H,25,26). The highest BCUT2D eigenvalue weighted by molar-refractivity contribution is 5.97. The van der Waals surface area contributed by atoms with Gasteiger partial charge in [0.1, 0.15) is 18.0 Å². The second-order valence-corrected chi connectivity index (χ2v) is 7.43. The summed E-state index contributed by atoms with van der Waals surface area (Å²) in [6.07, 6.45) is 2.69. The molecule has 0 saturated heterocycles. The van der Waals surface area contributed by atoms with E-state index in [1.54, 1.807) is 0 Å². The first-order chi connectivity index (χ1) is 13.4. The van der Waals surface area contributed by atoms with E-state index in [1.165, 1.54) is 0 Å². The van der Waals surface area contributed by atoms with Crippen molar-refractivity contribution in [1.29, 1.82) is 0 Å². The van der Waals surface area contributed by atoms with Crippen molar-refractivity contribution >= 4 is 11.6 Å². The largest absolute Gasteiger partial charge is 0.488 e. The molecule has 1 unspecified atom stereocenters. The van der Waals surface area contributed by atoms with Gasteiger partial charge in [0, 0.05) is 12.3 Å². The molecule has 0 radical (unpaired) electrons. The van der Waals surface area contributed by atoms with Gasteiger partial charge in [-0.15, -0.1) is 0 Å². The van der Waals surface area contributed by atoms with Crippen molar-refractivity contribution in [3.05, 3.63) is 59.2 Å². The summed E-state index contributed by atoms with van der Waals surface area (Å²) < 4.78 is 11.8. The second kappa shape index (κ2) is 10.3. The van der Waals surface area contributed by atoms with Gasteiger partial charge in [0.2, 0.25) is 0 Å².